The lowest BCUT2D eigenvalue weighted by Gasteiger charge is -2.27. The topological polar surface area (TPSA) is 82.6 Å². The zero-order valence-corrected chi connectivity index (χ0v) is 14.3. The molecule has 0 unspecified atom stereocenters. The van der Waals surface area contributed by atoms with Crippen LogP contribution in [0, 0.1) is 0 Å². The first-order valence-corrected chi connectivity index (χ1v) is 8.19. The van der Waals surface area contributed by atoms with Crippen molar-refractivity contribution in [1.29, 1.82) is 0 Å². The fraction of sp³-hybridized carbons (Fsp3) is 0.389. The van der Waals surface area contributed by atoms with Crippen molar-refractivity contribution in [2.24, 2.45) is 0 Å². The van der Waals surface area contributed by atoms with E-state index in [1.807, 2.05) is 12.1 Å². The Bertz CT molecular complexity index is 737. The second-order valence-corrected chi connectivity index (χ2v) is 5.61. The third-order valence-corrected chi connectivity index (χ3v) is 4.04. The first-order valence-electron chi connectivity index (χ1n) is 8.19. The highest BCUT2D eigenvalue weighted by Gasteiger charge is 2.29. The maximum atomic E-state index is 12.1. The zero-order chi connectivity index (χ0) is 17.6. The molecule has 2 aromatic rings. The molecule has 0 bridgehead atoms. The summed E-state index contributed by atoms with van der Waals surface area (Å²) in [4.78, 5) is 20.3. The van der Waals surface area contributed by atoms with Crippen LogP contribution in [0.25, 0.3) is 0 Å². The number of methoxy groups -OCH3 is 1. The van der Waals surface area contributed by atoms with Gasteiger partial charge in [-0.15, -0.1) is 0 Å². The molecule has 1 aromatic heterocycles. The van der Waals surface area contributed by atoms with E-state index in [1.54, 1.807) is 32.6 Å². The molecular weight excluding hydrogens is 322 g/mol. The number of ether oxygens (including phenoxy) is 3. The van der Waals surface area contributed by atoms with Crippen molar-refractivity contribution in [3.8, 4) is 11.5 Å². The van der Waals surface area contributed by atoms with Gasteiger partial charge in [0.05, 0.1) is 25.6 Å². The Morgan fingerprint density at radius 1 is 1.36 bits per heavy atom. The predicted octanol–water partition coefficient (Wildman–Crippen LogP) is 1.64. The van der Waals surface area contributed by atoms with Crippen LogP contribution in [0.15, 0.2) is 30.7 Å². The van der Waals surface area contributed by atoms with Crippen LogP contribution in [0.2, 0.25) is 0 Å². The summed E-state index contributed by atoms with van der Waals surface area (Å²) in [5.74, 6) is 1.02. The maximum Gasteiger partial charge on any atom is 0.323 e. The first kappa shape index (κ1) is 17.2. The van der Waals surface area contributed by atoms with E-state index in [0.717, 1.165) is 16.8 Å². The van der Waals surface area contributed by atoms with Gasteiger partial charge in [-0.05, 0) is 18.6 Å². The van der Waals surface area contributed by atoms with E-state index in [-0.39, 0.29) is 12.6 Å². The largest absolute Gasteiger partial charge is 0.493 e. The number of aromatic nitrogens is 2. The number of rotatable bonds is 6. The highest BCUT2D eigenvalue weighted by molar-refractivity contribution is 5.77. The normalized spacial score (nSPS) is 16.0. The summed E-state index contributed by atoms with van der Waals surface area (Å²) in [6.07, 6.45) is 5.38. The van der Waals surface area contributed by atoms with E-state index in [4.69, 9.17) is 14.2 Å². The van der Waals surface area contributed by atoms with Gasteiger partial charge in [0.1, 0.15) is 12.6 Å². The smallest absolute Gasteiger partial charge is 0.323 e. The quantitative estimate of drug-likeness (QED) is 0.798. The fourth-order valence-electron chi connectivity index (χ4n) is 2.83. The zero-order valence-electron chi connectivity index (χ0n) is 14.3. The summed E-state index contributed by atoms with van der Waals surface area (Å²) in [7, 11) is 1.60. The molecule has 0 saturated heterocycles. The molecule has 7 nitrogen and oxygen atoms in total. The van der Waals surface area contributed by atoms with Crippen LogP contribution < -0.4 is 14.8 Å². The van der Waals surface area contributed by atoms with Gasteiger partial charge in [0.2, 0.25) is 0 Å². The van der Waals surface area contributed by atoms with E-state index in [0.29, 0.717) is 31.1 Å². The lowest BCUT2D eigenvalue weighted by atomic mass is 9.94. The van der Waals surface area contributed by atoms with Crippen LogP contribution in [-0.4, -0.2) is 35.7 Å². The lowest BCUT2D eigenvalue weighted by molar-refractivity contribution is -0.145. The van der Waals surface area contributed by atoms with Crippen LogP contribution in [0.3, 0.4) is 0 Å². The standard InChI is InChI=1S/C18H21N3O4/c1-3-24-18(22)15-8-14-12(9-21-15)4-5-16(23-2)17(14)25-11-13-10-19-6-7-20-13/h4-7,10,15,21H,3,8-9,11H2,1-2H3/t15-/m0/s1. The van der Waals surface area contributed by atoms with Gasteiger partial charge >= 0.3 is 5.97 Å². The predicted molar refractivity (Wildman–Crippen MR) is 90.3 cm³/mol. The van der Waals surface area contributed by atoms with Gasteiger partial charge in [0.25, 0.3) is 0 Å². The molecule has 2 heterocycles. The number of nitrogens with one attached hydrogen (secondary N) is 1. The summed E-state index contributed by atoms with van der Waals surface area (Å²) in [5.41, 5.74) is 2.76. The van der Waals surface area contributed by atoms with Crippen molar-refractivity contribution in [2.75, 3.05) is 13.7 Å². The van der Waals surface area contributed by atoms with Crippen molar-refractivity contribution in [3.05, 3.63) is 47.5 Å². The SMILES string of the molecule is CCOC(=O)[C@@H]1Cc2c(ccc(OC)c2OCc2cnccn2)CN1. The third kappa shape index (κ3) is 3.88. The molecule has 1 aromatic carbocycles. The van der Waals surface area contributed by atoms with Gasteiger partial charge in [-0.2, -0.15) is 0 Å². The lowest BCUT2D eigenvalue weighted by Crippen LogP contribution is -2.42. The molecule has 0 amide bonds. The maximum absolute atomic E-state index is 12.1. The number of nitrogens with zero attached hydrogens (tertiary/aromatic N) is 2. The van der Waals surface area contributed by atoms with Crippen molar-refractivity contribution in [1.82, 2.24) is 15.3 Å². The van der Waals surface area contributed by atoms with E-state index in [9.17, 15) is 4.79 Å². The summed E-state index contributed by atoms with van der Waals surface area (Å²) >= 11 is 0. The molecule has 3 rings (SSSR count). The van der Waals surface area contributed by atoms with Gasteiger partial charge in [0.15, 0.2) is 11.5 Å². The Balaban J connectivity index is 1.85. The minimum Gasteiger partial charge on any atom is -0.493 e. The van der Waals surface area contributed by atoms with Crippen molar-refractivity contribution in [2.45, 2.75) is 32.5 Å². The monoisotopic (exact) mass is 343 g/mol. The molecule has 0 spiro atoms. The highest BCUT2D eigenvalue weighted by atomic mass is 16.5. The van der Waals surface area contributed by atoms with E-state index < -0.39 is 6.04 Å². The average molecular weight is 343 g/mol. The summed E-state index contributed by atoms with van der Waals surface area (Å²) in [5, 5.41) is 3.21. The minimum absolute atomic E-state index is 0.254. The summed E-state index contributed by atoms with van der Waals surface area (Å²) in [6.45, 7) is 3.01. The number of esters is 1. The van der Waals surface area contributed by atoms with E-state index >= 15 is 0 Å². The minimum atomic E-state index is -0.390. The Labute approximate surface area is 146 Å². The molecule has 7 heteroatoms. The second-order valence-electron chi connectivity index (χ2n) is 5.61. The number of hydrogen-bond acceptors (Lipinski definition) is 7. The molecule has 25 heavy (non-hydrogen) atoms. The molecule has 0 saturated carbocycles. The highest BCUT2D eigenvalue weighted by Crippen LogP contribution is 2.36. The number of hydrogen-bond donors (Lipinski definition) is 1. The van der Waals surface area contributed by atoms with E-state index in [1.165, 1.54) is 0 Å². The number of fused-ring (bicyclic) bond motifs is 1. The van der Waals surface area contributed by atoms with Crippen LogP contribution in [0.4, 0.5) is 0 Å². The molecule has 0 radical (unpaired) electrons. The summed E-state index contributed by atoms with van der Waals surface area (Å²) in [6, 6.07) is 3.47. The molecule has 1 aliphatic heterocycles. The molecule has 1 atom stereocenters. The first-order chi connectivity index (χ1) is 12.2. The number of carbonyl (C=O) groups excluding carboxylic acids is 1. The van der Waals surface area contributed by atoms with Gasteiger partial charge in [-0.1, -0.05) is 6.07 Å². The van der Waals surface area contributed by atoms with Crippen molar-refractivity contribution < 1.29 is 19.0 Å². The van der Waals surface area contributed by atoms with Crippen LogP contribution in [0.1, 0.15) is 23.7 Å². The van der Waals surface area contributed by atoms with Crippen molar-refractivity contribution in [3.63, 3.8) is 0 Å². The number of carbonyl (C=O) groups is 1. The third-order valence-electron chi connectivity index (χ3n) is 4.04. The van der Waals surface area contributed by atoms with Gasteiger partial charge < -0.3 is 19.5 Å². The molecule has 0 aliphatic carbocycles. The Morgan fingerprint density at radius 3 is 2.96 bits per heavy atom. The van der Waals surface area contributed by atoms with Crippen molar-refractivity contribution >= 4 is 5.97 Å². The molecular formula is C18H21N3O4. The van der Waals surface area contributed by atoms with Crippen LogP contribution in [0.5, 0.6) is 11.5 Å². The average Bonchev–Trinajstić information content (AvgIpc) is 2.66. The van der Waals surface area contributed by atoms with Gasteiger partial charge in [-0.25, -0.2) is 0 Å². The van der Waals surface area contributed by atoms with Crippen LogP contribution in [-0.2, 0) is 29.1 Å². The second kappa shape index (κ2) is 7.94. The Hall–Kier alpha value is -2.67. The molecule has 1 aliphatic rings. The van der Waals surface area contributed by atoms with E-state index in [2.05, 4.69) is 15.3 Å². The van der Waals surface area contributed by atoms with Gasteiger partial charge in [0, 0.05) is 30.9 Å². The number of benzene rings is 1. The van der Waals surface area contributed by atoms with Gasteiger partial charge in [-0.3, -0.25) is 14.8 Å². The summed E-state index contributed by atoms with van der Waals surface area (Å²) < 4.78 is 16.6. The Kier molecular flexibility index (Phi) is 5.45. The van der Waals surface area contributed by atoms with Crippen LogP contribution >= 0.6 is 0 Å². The fourth-order valence-corrected chi connectivity index (χ4v) is 2.83. The molecule has 1 N–H and O–H groups in total. The molecule has 0 fully saturated rings. The Morgan fingerprint density at radius 2 is 2.24 bits per heavy atom. The molecule has 132 valence electrons.